The van der Waals surface area contributed by atoms with Crippen LogP contribution in [-0.4, -0.2) is 35.6 Å². The van der Waals surface area contributed by atoms with Crippen molar-refractivity contribution in [3.63, 3.8) is 0 Å². The smallest absolute Gasteiger partial charge is 0.419 e. The Labute approximate surface area is 179 Å². The number of halogens is 3. The lowest BCUT2D eigenvalue weighted by Crippen LogP contribution is -2.47. The zero-order valence-electron chi connectivity index (χ0n) is 17.0. The Morgan fingerprint density at radius 1 is 0.806 bits per heavy atom. The molecule has 0 aliphatic carbocycles. The fourth-order valence-electron chi connectivity index (χ4n) is 3.35. The van der Waals surface area contributed by atoms with Gasteiger partial charge in [0.2, 0.25) is 0 Å². The highest BCUT2D eigenvalue weighted by atomic mass is 19.4. The second-order valence-corrected chi connectivity index (χ2v) is 7.79. The number of fused-ring (bicyclic) bond motifs is 1. The second kappa shape index (κ2) is 9.68. The third kappa shape index (κ3) is 5.97. The van der Waals surface area contributed by atoms with Gasteiger partial charge >= 0.3 is 6.18 Å². The summed E-state index contributed by atoms with van der Waals surface area (Å²) in [4.78, 5) is 0. The second-order valence-electron chi connectivity index (χ2n) is 7.79. The normalized spacial score (nSPS) is 12.3. The van der Waals surface area contributed by atoms with Crippen LogP contribution >= 0.6 is 0 Å². The highest BCUT2D eigenvalue weighted by Crippen LogP contribution is 2.37. The number of nitrogens with two attached hydrogens (primary N) is 1. The Morgan fingerprint density at radius 2 is 1.45 bits per heavy atom. The first kappa shape index (κ1) is 23.1. The van der Waals surface area contributed by atoms with Gasteiger partial charge in [0, 0.05) is 6.42 Å². The number of hydrogen-bond acceptors (Lipinski definition) is 4. The molecule has 0 aliphatic heterocycles. The number of hydrogen-bond donors (Lipinski definition) is 3. The molecule has 0 saturated heterocycles. The largest absolute Gasteiger partial charge is 0.493 e. The molecule has 0 heterocycles. The fourth-order valence-corrected chi connectivity index (χ4v) is 3.35. The van der Waals surface area contributed by atoms with Gasteiger partial charge in [-0.2, -0.15) is 13.2 Å². The highest BCUT2D eigenvalue weighted by molar-refractivity contribution is 5.82. The summed E-state index contributed by atoms with van der Waals surface area (Å²) in [7, 11) is 0. The molecule has 0 aromatic heterocycles. The lowest BCUT2D eigenvalue weighted by molar-refractivity contribution is -0.139. The van der Waals surface area contributed by atoms with E-state index in [1.165, 1.54) is 6.07 Å². The maximum Gasteiger partial charge on any atom is 0.419 e. The van der Waals surface area contributed by atoms with Gasteiger partial charge in [-0.15, -0.1) is 0 Å². The van der Waals surface area contributed by atoms with E-state index in [-0.39, 0.29) is 25.2 Å². The van der Waals surface area contributed by atoms with Crippen LogP contribution in [0, 0.1) is 0 Å². The minimum Gasteiger partial charge on any atom is -0.493 e. The van der Waals surface area contributed by atoms with Crippen LogP contribution < -0.4 is 10.5 Å². The van der Waals surface area contributed by atoms with Crippen LogP contribution in [0.1, 0.15) is 23.1 Å². The van der Waals surface area contributed by atoms with Crippen molar-refractivity contribution in [2.24, 2.45) is 5.73 Å². The van der Waals surface area contributed by atoms with E-state index in [9.17, 15) is 23.4 Å². The Bertz CT molecular complexity index is 1020. The predicted octanol–water partition coefficient (Wildman–Crippen LogP) is 4.09. The Morgan fingerprint density at radius 3 is 2.13 bits per heavy atom. The van der Waals surface area contributed by atoms with Crippen LogP contribution in [0.5, 0.6) is 5.75 Å². The quantitative estimate of drug-likeness (QED) is 0.475. The van der Waals surface area contributed by atoms with E-state index in [1.807, 2.05) is 42.5 Å². The molecule has 0 atom stereocenters. The molecular formula is C24H26F3NO3. The molecule has 0 radical (unpaired) electrons. The summed E-state index contributed by atoms with van der Waals surface area (Å²) >= 11 is 0. The zero-order chi connectivity index (χ0) is 22.5. The fraction of sp³-hybridized carbons (Fsp3) is 0.333. The number of benzene rings is 3. The van der Waals surface area contributed by atoms with E-state index in [4.69, 9.17) is 10.5 Å². The van der Waals surface area contributed by atoms with E-state index in [0.717, 1.165) is 22.4 Å². The summed E-state index contributed by atoms with van der Waals surface area (Å²) < 4.78 is 46.2. The van der Waals surface area contributed by atoms with Crippen molar-refractivity contribution in [3.8, 4) is 5.75 Å². The van der Waals surface area contributed by atoms with Gasteiger partial charge < -0.3 is 20.7 Å². The van der Waals surface area contributed by atoms with Gasteiger partial charge in [0.05, 0.1) is 30.9 Å². The van der Waals surface area contributed by atoms with Gasteiger partial charge in [-0.1, -0.05) is 48.5 Å². The number of aryl methyl sites for hydroxylation is 1. The summed E-state index contributed by atoms with van der Waals surface area (Å²) in [6.07, 6.45) is -3.74. The van der Waals surface area contributed by atoms with Crippen molar-refractivity contribution >= 4 is 10.8 Å². The van der Waals surface area contributed by atoms with Gasteiger partial charge in [-0.25, -0.2) is 0 Å². The van der Waals surface area contributed by atoms with E-state index in [0.29, 0.717) is 12.0 Å². The highest BCUT2D eigenvalue weighted by Gasteiger charge is 2.35. The molecule has 7 heteroatoms. The van der Waals surface area contributed by atoms with E-state index >= 15 is 0 Å². The number of ether oxygens (including phenoxy) is 1. The molecule has 0 bridgehead atoms. The molecule has 0 unspecified atom stereocenters. The first-order valence-corrected chi connectivity index (χ1v) is 10.1. The van der Waals surface area contributed by atoms with Gasteiger partial charge in [0.15, 0.2) is 0 Å². The van der Waals surface area contributed by atoms with Crippen molar-refractivity contribution in [2.45, 2.75) is 31.0 Å². The minimum absolute atomic E-state index is 0.113. The Balaban J connectivity index is 1.69. The van der Waals surface area contributed by atoms with Crippen molar-refractivity contribution in [2.75, 3.05) is 19.8 Å². The maximum absolute atomic E-state index is 13.6. The molecule has 0 saturated carbocycles. The SMILES string of the molecule is NC(CO)(CO)CCc1ccc(OCCc2ccc3ccccc3c2)c(C(F)(F)F)c1. The molecule has 0 aliphatic rings. The number of aliphatic hydroxyl groups excluding tert-OH is 2. The third-order valence-electron chi connectivity index (χ3n) is 5.35. The molecule has 0 amide bonds. The number of aliphatic hydroxyl groups is 2. The molecule has 0 fully saturated rings. The molecule has 3 rings (SSSR count). The topological polar surface area (TPSA) is 75.7 Å². The molecule has 0 spiro atoms. The average Bonchev–Trinajstić information content (AvgIpc) is 2.77. The van der Waals surface area contributed by atoms with Crippen LogP contribution in [0.25, 0.3) is 10.8 Å². The van der Waals surface area contributed by atoms with Crippen LogP contribution in [0.3, 0.4) is 0 Å². The summed E-state index contributed by atoms with van der Waals surface area (Å²) in [5.41, 5.74) is 5.12. The van der Waals surface area contributed by atoms with Crippen LogP contribution in [0.2, 0.25) is 0 Å². The summed E-state index contributed by atoms with van der Waals surface area (Å²) in [6.45, 7) is -0.793. The molecule has 4 N–H and O–H groups in total. The van der Waals surface area contributed by atoms with Gasteiger partial charge in [-0.3, -0.25) is 0 Å². The zero-order valence-corrected chi connectivity index (χ0v) is 17.0. The summed E-state index contributed by atoms with van der Waals surface area (Å²) in [5.74, 6) is -0.222. The van der Waals surface area contributed by atoms with E-state index < -0.39 is 30.5 Å². The van der Waals surface area contributed by atoms with Gasteiger partial charge in [-0.05, 0) is 46.9 Å². The van der Waals surface area contributed by atoms with E-state index in [2.05, 4.69) is 0 Å². The van der Waals surface area contributed by atoms with Gasteiger partial charge in [0.25, 0.3) is 0 Å². The number of rotatable bonds is 9. The Kier molecular flexibility index (Phi) is 7.20. The monoisotopic (exact) mass is 433 g/mol. The minimum atomic E-state index is -4.57. The predicted molar refractivity (Wildman–Crippen MR) is 114 cm³/mol. The first-order chi connectivity index (χ1) is 14.7. The van der Waals surface area contributed by atoms with Crippen LogP contribution in [0.15, 0.2) is 60.7 Å². The molecule has 3 aromatic carbocycles. The van der Waals surface area contributed by atoms with E-state index in [1.54, 1.807) is 6.07 Å². The Hall–Kier alpha value is -2.61. The van der Waals surface area contributed by atoms with Crippen LogP contribution in [-0.2, 0) is 19.0 Å². The molecule has 4 nitrogen and oxygen atoms in total. The van der Waals surface area contributed by atoms with Crippen molar-refractivity contribution in [3.05, 3.63) is 77.4 Å². The van der Waals surface area contributed by atoms with Crippen LogP contribution in [0.4, 0.5) is 13.2 Å². The summed E-state index contributed by atoms with van der Waals surface area (Å²) in [6, 6.07) is 17.7. The lowest BCUT2D eigenvalue weighted by Gasteiger charge is -2.24. The van der Waals surface area contributed by atoms with Crippen molar-refractivity contribution in [1.29, 1.82) is 0 Å². The lowest BCUT2D eigenvalue weighted by atomic mass is 9.93. The van der Waals surface area contributed by atoms with Crippen molar-refractivity contribution < 1.29 is 28.1 Å². The third-order valence-corrected chi connectivity index (χ3v) is 5.35. The number of alkyl halides is 3. The summed E-state index contributed by atoms with van der Waals surface area (Å²) in [5, 5.41) is 20.7. The maximum atomic E-state index is 13.6. The molecular weight excluding hydrogens is 407 g/mol. The molecule has 31 heavy (non-hydrogen) atoms. The standard InChI is InChI=1S/C24H26F3NO3/c25-24(26,27)21-14-17(9-11-23(28,15-29)16-30)6-8-22(21)31-12-10-18-5-7-19-3-1-2-4-20(19)13-18/h1-8,13-14,29-30H,9-12,15-16,28H2. The molecule has 166 valence electrons. The molecule has 3 aromatic rings. The van der Waals surface area contributed by atoms with Gasteiger partial charge in [0.1, 0.15) is 5.75 Å². The first-order valence-electron chi connectivity index (χ1n) is 10.1. The average molecular weight is 433 g/mol. The van der Waals surface area contributed by atoms with Crippen molar-refractivity contribution in [1.82, 2.24) is 0 Å².